The molecule has 3 heteroatoms. The predicted octanol–water partition coefficient (Wildman–Crippen LogP) is 2.40. The average molecular weight is 199 g/mol. The molecule has 2 nitrogen and oxygen atoms in total. The summed E-state index contributed by atoms with van der Waals surface area (Å²) in [5, 5.41) is 0.634. The van der Waals surface area contributed by atoms with Crippen LogP contribution in [0, 0.1) is 6.92 Å². The molecule has 13 heavy (non-hydrogen) atoms. The van der Waals surface area contributed by atoms with E-state index in [4.69, 9.17) is 16.3 Å². The van der Waals surface area contributed by atoms with E-state index in [9.17, 15) is 4.79 Å². The molecule has 0 aliphatic rings. The third-order valence-electron chi connectivity index (χ3n) is 1.82. The molecule has 0 unspecified atom stereocenters. The van der Waals surface area contributed by atoms with Gasteiger partial charge in [-0.2, -0.15) is 0 Å². The summed E-state index contributed by atoms with van der Waals surface area (Å²) in [6.45, 7) is 1.90. The topological polar surface area (TPSA) is 26.3 Å². The molecular weight excluding hydrogens is 188 g/mol. The number of halogens is 1. The minimum atomic E-state index is 0.338. The normalized spacial score (nSPS) is 9.77. The van der Waals surface area contributed by atoms with Gasteiger partial charge in [0, 0.05) is 17.0 Å². The number of hydrogen-bond acceptors (Lipinski definition) is 2. The monoisotopic (exact) mass is 198 g/mol. The molecule has 0 saturated heterocycles. The molecule has 0 saturated carbocycles. The molecule has 0 radical (unpaired) electrons. The number of methoxy groups -OCH3 is 1. The molecule has 1 aromatic carbocycles. The van der Waals surface area contributed by atoms with Crippen LogP contribution in [0.2, 0.25) is 5.02 Å². The zero-order chi connectivity index (χ0) is 9.84. The van der Waals surface area contributed by atoms with Crippen LogP contribution in [-0.4, -0.2) is 13.4 Å². The number of carbonyl (C=O) groups is 1. The van der Waals surface area contributed by atoms with E-state index >= 15 is 0 Å². The summed E-state index contributed by atoms with van der Waals surface area (Å²) in [6, 6.07) is 3.57. The van der Waals surface area contributed by atoms with E-state index < -0.39 is 0 Å². The highest BCUT2D eigenvalue weighted by molar-refractivity contribution is 6.30. The standard InChI is InChI=1S/C10H11ClO2/c1-7-5-9(11)6-8(3-4-12)10(7)13-2/h4-6H,3H2,1-2H3. The van der Waals surface area contributed by atoms with Crippen LogP contribution < -0.4 is 4.74 Å². The van der Waals surface area contributed by atoms with Gasteiger partial charge in [-0.1, -0.05) is 11.6 Å². The van der Waals surface area contributed by atoms with Crippen molar-refractivity contribution in [3.05, 3.63) is 28.3 Å². The Morgan fingerprint density at radius 2 is 2.23 bits per heavy atom. The highest BCUT2D eigenvalue weighted by atomic mass is 35.5. The maximum atomic E-state index is 10.4. The predicted molar refractivity (Wildman–Crippen MR) is 52.5 cm³/mol. The molecule has 0 heterocycles. The second-order valence-corrected chi connectivity index (χ2v) is 3.22. The molecule has 0 bridgehead atoms. The average Bonchev–Trinajstić information content (AvgIpc) is 2.04. The Hall–Kier alpha value is -1.02. The first-order chi connectivity index (χ1) is 6.19. The first-order valence-electron chi connectivity index (χ1n) is 3.95. The molecule has 0 fully saturated rings. The maximum Gasteiger partial charge on any atom is 0.125 e. The molecule has 0 spiro atoms. The highest BCUT2D eigenvalue weighted by Gasteiger charge is 2.06. The van der Waals surface area contributed by atoms with Gasteiger partial charge >= 0.3 is 0 Å². The molecule has 0 aromatic heterocycles. The van der Waals surface area contributed by atoms with Crippen molar-refractivity contribution in [1.29, 1.82) is 0 Å². The van der Waals surface area contributed by atoms with Gasteiger partial charge < -0.3 is 9.53 Å². The van der Waals surface area contributed by atoms with Gasteiger partial charge in [0.25, 0.3) is 0 Å². The number of ether oxygens (including phenoxy) is 1. The smallest absolute Gasteiger partial charge is 0.125 e. The Morgan fingerprint density at radius 3 is 2.77 bits per heavy atom. The van der Waals surface area contributed by atoms with Gasteiger partial charge in [0.2, 0.25) is 0 Å². The van der Waals surface area contributed by atoms with Gasteiger partial charge in [0.05, 0.1) is 7.11 Å². The summed E-state index contributed by atoms with van der Waals surface area (Å²) in [7, 11) is 1.59. The van der Waals surface area contributed by atoms with Crippen molar-refractivity contribution in [2.75, 3.05) is 7.11 Å². The van der Waals surface area contributed by atoms with E-state index in [0.29, 0.717) is 11.4 Å². The first-order valence-corrected chi connectivity index (χ1v) is 4.33. The van der Waals surface area contributed by atoms with Crippen LogP contribution in [0.3, 0.4) is 0 Å². The van der Waals surface area contributed by atoms with Crippen molar-refractivity contribution in [3.8, 4) is 5.75 Å². The molecule has 0 aliphatic heterocycles. The summed E-state index contributed by atoms with van der Waals surface area (Å²) in [4.78, 5) is 10.4. The summed E-state index contributed by atoms with van der Waals surface area (Å²) >= 11 is 5.84. The van der Waals surface area contributed by atoms with E-state index in [1.54, 1.807) is 13.2 Å². The first kappa shape index (κ1) is 10.1. The fourth-order valence-corrected chi connectivity index (χ4v) is 1.63. The number of aldehydes is 1. The number of benzene rings is 1. The van der Waals surface area contributed by atoms with Crippen LogP contribution in [0.1, 0.15) is 11.1 Å². The van der Waals surface area contributed by atoms with E-state index in [2.05, 4.69) is 0 Å². The zero-order valence-corrected chi connectivity index (χ0v) is 8.39. The quantitative estimate of drug-likeness (QED) is 0.698. The summed E-state index contributed by atoms with van der Waals surface area (Å²) in [5.74, 6) is 0.747. The lowest BCUT2D eigenvalue weighted by atomic mass is 10.1. The lowest BCUT2D eigenvalue weighted by Gasteiger charge is -2.09. The molecule has 0 amide bonds. The van der Waals surface area contributed by atoms with E-state index in [1.807, 2.05) is 13.0 Å². The molecule has 1 rings (SSSR count). The summed E-state index contributed by atoms with van der Waals surface area (Å²) < 4.78 is 5.17. The van der Waals surface area contributed by atoms with Crippen molar-refractivity contribution in [3.63, 3.8) is 0 Å². The number of hydrogen-bond donors (Lipinski definition) is 0. The van der Waals surface area contributed by atoms with Crippen LogP contribution in [0.25, 0.3) is 0 Å². The second-order valence-electron chi connectivity index (χ2n) is 2.79. The highest BCUT2D eigenvalue weighted by Crippen LogP contribution is 2.27. The van der Waals surface area contributed by atoms with Crippen LogP contribution >= 0.6 is 11.6 Å². The fraction of sp³-hybridized carbons (Fsp3) is 0.300. The van der Waals surface area contributed by atoms with Crippen molar-refractivity contribution < 1.29 is 9.53 Å². The van der Waals surface area contributed by atoms with E-state index in [1.165, 1.54) is 0 Å². The minimum absolute atomic E-state index is 0.338. The molecule has 0 aliphatic carbocycles. The maximum absolute atomic E-state index is 10.4. The van der Waals surface area contributed by atoms with Crippen LogP contribution in [-0.2, 0) is 11.2 Å². The van der Waals surface area contributed by atoms with E-state index in [-0.39, 0.29) is 0 Å². The Morgan fingerprint density at radius 1 is 1.54 bits per heavy atom. The molecule has 1 aromatic rings. The zero-order valence-electron chi connectivity index (χ0n) is 7.63. The van der Waals surface area contributed by atoms with Gasteiger partial charge in [0.1, 0.15) is 12.0 Å². The third kappa shape index (κ3) is 2.22. The van der Waals surface area contributed by atoms with Gasteiger partial charge in [-0.3, -0.25) is 0 Å². The number of aryl methyl sites for hydroxylation is 1. The van der Waals surface area contributed by atoms with Crippen LogP contribution in [0.4, 0.5) is 0 Å². The van der Waals surface area contributed by atoms with Gasteiger partial charge in [-0.05, 0) is 24.6 Å². The van der Waals surface area contributed by atoms with Crippen molar-refractivity contribution in [2.45, 2.75) is 13.3 Å². The van der Waals surface area contributed by atoms with Crippen LogP contribution in [0.5, 0.6) is 5.75 Å². The lowest BCUT2D eigenvalue weighted by Crippen LogP contribution is -1.95. The molecule has 0 N–H and O–H groups in total. The molecular formula is C10H11ClO2. The van der Waals surface area contributed by atoms with Crippen LogP contribution in [0.15, 0.2) is 12.1 Å². The van der Waals surface area contributed by atoms with Gasteiger partial charge in [-0.15, -0.1) is 0 Å². The Balaban J connectivity index is 3.20. The number of carbonyl (C=O) groups excluding carboxylic acids is 1. The Labute approximate surface area is 82.5 Å². The van der Waals surface area contributed by atoms with Gasteiger partial charge in [0.15, 0.2) is 0 Å². The SMILES string of the molecule is COc1c(C)cc(Cl)cc1CC=O. The summed E-state index contributed by atoms with van der Waals surface area (Å²) in [6.07, 6.45) is 1.18. The van der Waals surface area contributed by atoms with Crippen molar-refractivity contribution in [2.24, 2.45) is 0 Å². The fourth-order valence-electron chi connectivity index (χ4n) is 1.33. The van der Waals surface area contributed by atoms with Gasteiger partial charge in [-0.25, -0.2) is 0 Å². The van der Waals surface area contributed by atoms with E-state index in [0.717, 1.165) is 23.2 Å². The lowest BCUT2D eigenvalue weighted by molar-refractivity contribution is -0.107. The third-order valence-corrected chi connectivity index (χ3v) is 2.04. The van der Waals surface area contributed by atoms with Crippen molar-refractivity contribution in [1.82, 2.24) is 0 Å². The Bertz CT molecular complexity index is 321. The minimum Gasteiger partial charge on any atom is -0.496 e. The number of rotatable bonds is 3. The molecule has 0 atom stereocenters. The second kappa shape index (κ2) is 4.28. The molecule has 70 valence electrons. The van der Waals surface area contributed by atoms with Crippen molar-refractivity contribution >= 4 is 17.9 Å². The summed E-state index contributed by atoms with van der Waals surface area (Å²) in [5.41, 5.74) is 1.79. The largest absolute Gasteiger partial charge is 0.496 e. The Kier molecular flexibility index (Phi) is 3.32.